The molecule has 2 aromatic heterocycles. The number of aromatic nitrogens is 3. The van der Waals surface area contributed by atoms with E-state index in [1.807, 2.05) is 0 Å². The second-order valence-electron chi connectivity index (χ2n) is 12.0. The molecule has 212 valence electrons. The van der Waals surface area contributed by atoms with Crippen LogP contribution >= 0.6 is 0 Å². The van der Waals surface area contributed by atoms with Crippen molar-refractivity contribution in [3.63, 3.8) is 0 Å². The van der Waals surface area contributed by atoms with E-state index in [1.54, 1.807) is 0 Å². The molecule has 0 amide bonds. The van der Waals surface area contributed by atoms with Crippen molar-refractivity contribution in [1.82, 2.24) is 14.1 Å². The Morgan fingerprint density at radius 3 is 2.09 bits per heavy atom. The largest absolute Gasteiger partial charge is 0.309 e. The van der Waals surface area contributed by atoms with Gasteiger partial charge in [-0.2, -0.15) is 0 Å². The summed E-state index contributed by atoms with van der Waals surface area (Å²) in [5.74, 6) is 0.890. The van der Waals surface area contributed by atoms with Gasteiger partial charge >= 0.3 is 0 Å². The Morgan fingerprint density at radius 1 is 0.533 bits per heavy atom. The Kier molecular flexibility index (Phi) is 5.08. The maximum Gasteiger partial charge on any atom is 0.220 e. The van der Waals surface area contributed by atoms with Gasteiger partial charge in [-0.15, -0.1) is 0 Å². The standard InChI is InChI=1S/C41H28N4/c1-2-13-28-25-40-34(24-27(28)12-1)33-18-5-9-22-38(33)45-39-23-10-6-19-35(39)42-41(45)44(40)30-15-11-14-29(26-30)43-36-20-7-3-16-31(36)32-17-4-8-21-37(32)43/h2-11,13-26H,1,12H2. The van der Waals surface area contributed by atoms with Gasteiger partial charge in [0.1, 0.15) is 0 Å². The first-order valence-corrected chi connectivity index (χ1v) is 15.6. The van der Waals surface area contributed by atoms with Gasteiger partial charge in [0.2, 0.25) is 5.95 Å². The van der Waals surface area contributed by atoms with E-state index in [2.05, 4.69) is 160 Å². The van der Waals surface area contributed by atoms with Crippen LogP contribution in [0.25, 0.3) is 61.4 Å². The van der Waals surface area contributed by atoms with Crippen LogP contribution in [0.5, 0.6) is 0 Å². The lowest BCUT2D eigenvalue weighted by Crippen LogP contribution is -2.15. The van der Waals surface area contributed by atoms with Crippen molar-refractivity contribution in [2.75, 3.05) is 4.90 Å². The second-order valence-corrected chi connectivity index (χ2v) is 12.0. The normalized spacial score (nSPS) is 13.5. The zero-order chi connectivity index (χ0) is 29.5. The van der Waals surface area contributed by atoms with Gasteiger partial charge in [0.05, 0.1) is 39.1 Å². The molecule has 0 atom stereocenters. The Morgan fingerprint density at radius 2 is 1.24 bits per heavy atom. The van der Waals surface area contributed by atoms with E-state index >= 15 is 0 Å². The van der Waals surface area contributed by atoms with Gasteiger partial charge < -0.3 is 4.57 Å². The van der Waals surface area contributed by atoms with Crippen molar-refractivity contribution in [3.8, 4) is 22.5 Å². The van der Waals surface area contributed by atoms with Crippen molar-refractivity contribution in [3.05, 3.63) is 151 Å². The Labute approximate surface area is 260 Å². The summed E-state index contributed by atoms with van der Waals surface area (Å²) < 4.78 is 4.73. The number of anilines is 3. The van der Waals surface area contributed by atoms with E-state index in [0.29, 0.717) is 0 Å². The maximum absolute atomic E-state index is 5.34. The van der Waals surface area contributed by atoms with Gasteiger partial charge in [0, 0.05) is 27.6 Å². The summed E-state index contributed by atoms with van der Waals surface area (Å²) >= 11 is 0. The molecule has 3 heterocycles. The number of allylic oxidation sites excluding steroid dienone is 1. The third-order valence-electron chi connectivity index (χ3n) is 9.48. The van der Waals surface area contributed by atoms with Crippen LogP contribution in [0, 0.1) is 0 Å². The molecule has 4 nitrogen and oxygen atoms in total. The highest BCUT2D eigenvalue weighted by atomic mass is 15.3. The van der Waals surface area contributed by atoms with Gasteiger partial charge in [-0.25, -0.2) is 4.98 Å². The minimum atomic E-state index is 0.890. The maximum atomic E-state index is 5.34. The smallest absolute Gasteiger partial charge is 0.220 e. The number of benzene rings is 6. The fourth-order valence-electron chi connectivity index (χ4n) is 7.50. The number of para-hydroxylation sites is 5. The van der Waals surface area contributed by atoms with Crippen LogP contribution in [-0.4, -0.2) is 14.1 Å². The van der Waals surface area contributed by atoms with Crippen molar-refractivity contribution in [2.24, 2.45) is 0 Å². The Bertz CT molecular complexity index is 2460. The van der Waals surface area contributed by atoms with Gasteiger partial charge in [-0.05, 0) is 84.6 Å². The van der Waals surface area contributed by atoms with Crippen molar-refractivity contribution < 1.29 is 0 Å². The fraction of sp³-hybridized carbons (Fsp3) is 0.0488. The van der Waals surface area contributed by atoms with Gasteiger partial charge in [0.25, 0.3) is 0 Å². The predicted molar refractivity (Wildman–Crippen MR) is 186 cm³/mol. The molecule has 45 heavy (non-hydrogen) atoms. The summed E-state index contributed by atoms with van der Waals surface area (Å²) in [5.41, 5.74) is 14.1. The average Bonchev–Trinajstić information content (AvgIpc) is 3.61. The van der Waals surface area contributed by atoms with Crippen molar-refractivity contribution in [2.45, 2.75) is 12.8 Å². The molecule has 0 spiro atoms. The highest BCUT2D eigenvalue weighted by Crippen LogP contribution is 2.49. The van der Waals surface area contributed by atoms with E-state index in [-0.39, 0.29) is 0 Å². The first kappa shape index (κ1) is 24.6. The second kappa shape index (κ2) is 9.31. The number of hydrogen-bond acceptors (Lipinski definition) is 2. The summed E-state index contributed by atoms with van der Waals surface area (Å²) in [6, 6.07) is 48.4. The predicted octanol–water partition coefficient (Wildman–Crippen LogP) is 10.5. The van der Waals surface area contributed by atoms with E-state index in [9.17, 15) is 0 Å². The molecule has 0 unspecified atom stereocenters. The molecule has 0 saturated heterocycles. The highest BCUT2D eigenvalue weighted by Gasteiger charge is 2.30. The third kappa shape index (κ3) is 3.51. The van der Waals surface area contributed by atoms with Crippen LogP contribution in [0.1, 0.15) is 17.5 Å². The minimum absolute atomic E-state index is 0.890. The lowest BCUT2D eigenvalue weighted by atomic mass is 9.91. The van der Waals surface area contributed by atoms with E-state index in [1.165, 1.54) is 44.1 Å². The molecule has 8 aromatic rings. The molecular weight excluding hydrogens is 548 g/mol. The van der Waals surface area contributed by atoms with Crippen LogP contribution in [0.3, 0.4) is 0 Å². The van der Waals surface area contributed by atoms with Crippen LogP contribution < -0.4 is 4.90 Å². The van der Waals surface area contributed by atoms with E-state index in [0.717, 1.165) is 52.6 Å². The monoisotopic (exact) mass is 576 g/mol. The highest BCUT2D eigenvalue weighted by molar-refractivity contribution is 6.09. The van der Waals surface area contributed by atoms with Crippen molar-refractivity contribution >= 4 is 56.2 Å². The quantitative estimate of drug-likeness (QED) is 0.205. The first-order valence-electron chi connectivity index (χ1n) is 15.6. The molecule has 0 saturated carbocycles. The van der Waals surface area contributed by atoms with Gasteiger partial charge in [0.15, 0.2) is 0 Å². The third-order valence-corrected chi connectivity index (χ3v) is 9.48. The fourth-order valence-corrected chi connectivity index (χ4v) is 7.50. The van der Waals surface area contributed by atoms with E-state index in [4.69, 9.17) is 4.98 Å². The number of fused-ring (bicyclic) bond motifs is 11. The Hall–Kier alpha value is -5.87. The number of aryl methyl sites for hydroxylation is 1. The minimum Gasteiger partial charge on any atom is -0.309 e. The molecular formula is C41H28N4. The Balaban J connectivity index is 1.30. The van der Waals surface area contributed by atoms with Crippen LogP contribution in [-0.2, 0) is 6.42 Å². The molecule has 2 aliphatic rings. The summed E-state index contributed by atoms with van der Waals surface area (Å²) in [7, 11) is 0. The SMILES string of the molecule is C1=Cc2cc3c(cc2CC1)-c1ccccc1-n1c(nc2ccccc21)N3c1cccc(-n2c3ccccc3c3ccccc32)c1. The van der Waals surface area contributed by atoms with Gasteiger partial charge in [-0.1, -0.05) is 84.9 Å². The lowest BCUT2D eigenvalue weighted by molar-refractivity contribution is 0.985. The van der Waals surface area contributed by atoms with E-state index < -0.39 is 0 Å². The summed E-state index contributed by atoms with van der Waals surface area (Å²) in [5, 5.41) is 2.52. The molecule has 1 aliphatic carbocycles. The molecule has 0 fully saturated rings. The lowest BCUT2D eigenvalue weighted by Gasteiger charge is -2.27. The van der Waals surface area contributed by atoms with Crippen LogP contribution in [0.2, 0.25) is 0 Å². The number of hydrogen-bond donors (Lipinski definition) is 0. The zero-order valence-corrected chi connectivity index (χ0v) is 24.6. The molecule has 6 aromatic carbocycles. The zero-order valence-electron chi connectivity index (χ0n) is 24.6. The number of nitrogens with zero attached hydrogens (tertiary/aromatic N) is 4. The summed E-state index contributed by atoms with van der Waals surface area (Å²) in [4.78, 5) is 7.71. The topological polar surface area (TPSA) is 26.0 Å². The summed E-state index contributed by atoms with van der Waals surface area (Å²) in [6.45, 7) is 0. The average molecular weight is 577 g/mol. The first-order chi connectivity index (χ1) is 22.3. The molecule has 0 radical (unpaired) electrons. The molecule has 1 aliphatic heterocycles. The van der Waals surface area contributed by atoms with Gasteiger partial charge in [-0.3, -0.25) is 9.47 Å². The van der Waals surface area contributed by atoms with Crippen LogP contribution in [0.4, 0.5) is 17.3 Å². The molecule has 4 heteroatoms. The molecule has 0 bridgehead atoms. The van der Waals surface area contributed by atoms with Crippen LogP contribution in [0.15, 0.2) is 140 Å². The van der Waals surface area contributed by atoms with Crippen molar-refractivity contribution in [1.29, 1.82) is 0 Å². The number of rotatable bonds is 2. The number of imidazole rings is 1. The molecule has 10 rings (SSSR count). The summed E-state index contributed by atoms with van der Waals surface area (Å²) in [6.07, 6.45) is 6.70. The molecule has 0 N–H and O–H groups in total.